The van der Waals surface area contributed by atoms with E-state index in [0.29, 0.717) is 17.8 Å². The monoisotopic (exact) mass is 303 g/mol. The average Bonchev–Trinajstić information content (AvgIpc) is 2.84. The van der Waals surface area contributed by atoms with Crippen LogP contribution in [0.25, 0.3) is 0 Å². The molecular weight excluding hydrogens is 278 g/mol. The normalized spacial score (nSPS) is 52.1. The second kappa shape index (κ2) is 4.77. The quantitative estimate of drug-likeness (QED) is 0.527. The number of hydrogen-bond acceptors (Lipinski definition) is 3. The first-order valence-corrected chi connectivity index (χ1v) is 9.08. The molecule has 4 rings (SSSR count). The zero-order valence-electron chi connectivity index (χ0n) is 12.6. The van der Waals surface area contributed by atoms with Crippen molar-refractivity contribution in [2.24, 2.45) is 23.2 Å². The Morgan fingerprint density at radius 2 is 2.05 bits per heavy atom. The number of aliphatic hydroxyl groups is 1. The predicted octanol–water partition coefficient (Wildman–Crippen LogP) is 3.87. The Balaban J connectivity index is 1.71. The first-order valence-electron chi connectivity index (χ1n) is 8.63. The third-order valence-electron chi connectivity index (χ3n) is 7.19. The fourth-order valence-corrected chi connectivity index (χ4v) is 6.88. The third kappa shape index (κ3) is 1.75. The summed E-state index contributed by atoms with van der Waals surface area (Å²) in [6.07, 6.45) is 11.9. The van der Waals surface area contributed by atoms with E-state index in [1.165, 1.54) is 32.1 Å². The highest BCUT2D eigenvalue weighted by molar-refractivity contribution is 7.82. The van der Waals surface area contributed by atoms with Crippen LogP contribution in [0.4, 0.5) is 0 Å². The van der Waals surface area contributed by atoms with Crippen molar-refractivity contribution in [2.75, 3.05) is 0 Å². The van der Waals surface area contributed by atoms with Gasteiger partial charge in [0.15, 0.2) is 0 Å². The van der Waals surface area contributed by atoms with E-state index in [9.17, 15) is 10.4 Å². The Morgan fingerprint density at radius 1 is 1.19 bits per heavy atom. The number of hydrogen-bond donors (Lipinski definition) is 2. The summed E-state index contributed by atoms with van der Waals surface area (Å²) in [5, 5.41) is 20.2. The van der Waals surface area contributed by atoms with Crippen molar-refractivity contribution >= 4 is 12.6 Å². The summed E-state index contributed by atoms with van der Waals surface area (Å²) in [7, 11) is 0. The van der Waals surface area contributed by atoms with Crippen LogP contribution in [0.15, 0.2) is 11.6 Å². The molecule has 114 valence electrons. The number of nitrogens with zero attached hydrogens (tertiary/aromatic N) is 1. The maximum absolute atomic E-state index is 10.4. The number of nitriles is 1. The fraction of sp³-hybridized carbons (Fsp3) is 0.833. The van der Waals surface area contributed by atoms with Crippen molar-refractivity contribution in [2.45, 2.75) is 68.6 Å². The molecule has 0 aromatic rings. The lowest BCUT2D eigenvalue weighted by Gasteiger charge is -2.56. The smallest absolute Gasteiger partial charge is 0.0863 e. The van der Waals surface area contributed by atoms with Gasteiger partial charge < -0.3 is 5.11 Å². The van der Waals surface area contributed by atoms with E-state index >= 15 is 0 Å². The highest BCUT2D eigenvalue weighted by atomic mass is 32.1. The summed E-state index contributed by atoms with van der Waals surface area (Å²) in [4.78, 5) is 0. The molecule has 0 spiro atoms. The minimum Gasteiger partial charge on any atom is -0.391 e. The molecule has 3 saturated carbocycles. The molecule has 0 amide bonds. The van der Waals surface area contributed by atoms with E-state index < -0.39 is 11.5 Å². The van der Waals surface area contributed by atoms with Gasteiger partial charge in [-0.05, 0) is 75.5 Å². The Hall–Kier alpha value is -0.460. The van der Waals surface area contributed by atoms with Gasteiger partial charge in [0.2, 0.25) is 0 Å². The van der Waals surface area contributed by atoms with Crippen LogP contribution >= 0.6 is 12.6 Å². The van der Waals surface area contributed by atoms with Crippen LogP contribution in [0.3, 0.4) is 0 Å². The lowest BCUT2D eigenvalue weighted by molar-refractivity contribution is -0.0238. The molecule has 21 heavy (non-hydrogen) atoms. The summed E-state index contributed by atoms with van der Waals surface area (Å²) in [5.41, 5.74) is 1.14. The molecule has 3 heteroatoms. The third-order valence-corrected chi connectivity index (χ3v) is 8.03. The lowest BCUT2D eigenvalue weighted by Crippen LogP contribution is -2.53. The van der Waals surface area contributed by atoms with Gasteiger partial charge in [0.1, 0.15) is 0 Å². The minimum atomic E-state index is -0.443. The lowest BCUT2D eigenvalue weighted by atomic mass is 9.51. The standard InChI is InChI=1S/C18H25NOS/c19-11-17-10-8-15-13(14(17)6-7-16(17)20)5-4-12-3-1-2-9-18(12,15)21/h3,13-16,20-21H,1-2,4-10H2. The summed E-state index contributed by atoms with van der Waals surface area (Å²) in [6, 6.07) is 2.56. The van der Waals surface area contributed by atoms with Gasteiger partial charge in [0.25, 0.3) is 0 Å². The van der Waals surface area contributed by atoms with Crippen molar-refractivity contribution < 1.29 is 5.11 Å². The van der Waals surface area contributed by atoms with Crippen LogP contribution in [0.5, 0.6) is 0 Å². The molecule has 0 aliphatic heterocycles. The molecule has 0 radical (unpaired) electrons. The number of thiol groups is 1. The number of rotatable bonds is 0. The Morgan fingerprint density at radius 3 is 2.86 bits per heavy atom. The second-order valence-corrected chi connectivity index (χ2v) is 8.54. The van der Waals surface area contributed by atoms with Crippen molar-refractivity contribution in [3.8, 4) is 6.07 Å². The average molecular weight is 303 g/mol. The SMILES string of the molecule is N#CC12CCC3C(CCC4=CCCCC43S)C1CCC2O. The fourth-order valence-electron chi connectivity index (χ4n) is 6.19. The molecule has 4 aliphatic rings. The van der Waals surface area contributed by atoms with Crippen LogP contribution in [-0.4, -0.2) is 16.0 Å². The first-order chi connectivity index (χ1) is 10.1. The zero-order chi connectivity index (χ0) is 14.7. The van der Waals surface area contributed by atoms with Gasteiger partial charge in [-0.2, -0.15) is 17.9 Å². The van der Waals surface area contributed by atoms with Gasteiger partial charge in [0.05, 0.1) is 17.6 Å². The number of allylic oxidation sites excluding steroid dienone is 1. The van der Waals surface area contributed by atoms with Gasteiger partial charge in [-0.15, -0.1) is 0 Å². The topological polar surface area (TPSA) is 44.0 Å². The van der Waals surface area contributed by atoms with Crippen LogP contribution in [-0.2, 0) is 0 Å². The maximum atomic E-state index is 10.4. The van der Waals surface area contributed by atoms with E-state index in [2.05, 4.69) is 12.1 Å². The van der Waals surface area contributed by atoms with E-state index in [0.717, 1.165) is 25.7 Å². The van der Waals surface area contributed by atoms with Gasteiger partial charge in [-0.25, -0.2) is 0 Å². The second-order valence-electron chi connectivity index (χ2n) is 7.75. The highest BCUT2D eigenvalue weighted by Crippen LogP contribution is 2.64. The van der Waals surface area contributed by atoms with E-state index in [1.54, 1.807) is 5.57 Å². The molecule has 2 nitrogen and oxygen atoms in total. The molecule has 1 N–H and O–H groups in total. The Bertz CT molecular complexity index is 524. The molecule has 6 atom stereocenters. The van der Waals surface area contributed by atoms with Crippen LogP contribution in [0.2, 0.25) is 0 Å². The molecule has 0 bridgehead atoms. The Kier molecular flexibility index (Phi) is 3.21. The van der Waals surface area contributed by atoms with Gasteiger partial charge in [-0.3, -0.25) is 0 Å². The van der Waals surface area contributed by atoms with Gasteiger partial charge in [0, 0.05) is 4.75 Å². The maximum Gasteiger partial charge on any atom is 0.0863 e. The van der Waals surface area contributed by atoms with Crippen LogP contribution in [0.1, 0.15) is 57.8 Å². The molecule has 4 aliphatic carbocycles. The molecule has 3 fully saturated rings. The number of fused-ring (bicyclic) bond motifs is 5. The highest BCUT2D eigenvalue weighted by Gasteiger charge is 2.61. The van der Waals surface area contributed by atoms with Crippen molar-refractivity contribution in [3.63, 3.8) is 0 Å². The molecule has 0 aromatic heterocycles. The van der Waals surface area contributed by atoms with Gasteiger partial charge in [-0.1, -0.05) is 11.6 Å². The predicted molar refractivity (Wildman–Crippen MR) is 85.9 cm³/mol. The summed E-state index contributed by atoms with van der Waals surface area (Å²) in [5.74, 6) is 1.63. The molecule has 0 aromatic carbocycles. The van der Waals surface area contributed by atoms with Crippen LogP contribution in [0, 0.1) is 34.5 Å². The van der Waals surface area contributed by atoms with Crippen molar-refractivity contribution in [1.82, 2.24) is 0 Å². The van der Waals surface area contributed by atoms with E-state index in [-0.39, 0.29) is 4.75 Å². The van der Waals surface area contributed by atoms with Gasteiger partial charge >= 0.3 is 0 Å². The largest absolute Gasteiger partial charge is 0.391 e. The summed E-state index contributed by atoms with van der Waals surface area (Å²) < 4.78 is 0.0936. The molecule has 0 saturated heterocycles. The summed E-state index contributed by atoms with van der Waals surface area (Å²) >= 11 is 5.19. The Labute approximate surface area is 133 Å². The van der Waals surface area contributed by atoms with Crippen LogP contribution < -0.4 is 0 Å². The zero-order valence-corrected chi connectivity index (χ0v) is 13.5. The first kappa shape index (κ1) is 14.2. The van der Waals surface area contributed by atoms with Crippen molar-refractivity contribution in [3.05, 3.63) is 11.6 Å². The van der Waals surface area contributed by atoms with E-state index in [4.69, 9.17) is 12.6 Å². The molecule has 6 unspecified atom stereocenters. The number of aliphatic hydroxyl groups excluding tert-OH is 1. The molecular formula is C18H25NOS. The molecule has 0 heterocycles. The minimum absolute atomic E-state index is 0.0936. The summed E-state index contributed by atoms with van der Waals surface area (Å²) in [6.45, 7) is 0. The van der Waals surface area contributed by atoms with E-state index in [1.807, 2.05) is 0 Å². The van der Waals surface area contributed by atoms with Crippen molar-refractivity contribution in [1.29, 1.82) is 5.26 Å².